The molecule has 1 aromatic carbocycles. The lowest BCUT2D eigenvalue weighted by atomic mass is 10.1. The number of nitriles is 1. The number of hydrogen-bond acceptors (Lipinski definition) is 6. The van der Waals surface area contributed by atoms with Crippen molar-refractivity contribution in [3.8, 4) is 17.3 Å². The third kappa shape index (κ3) is 4.25. The zero-order chi connectivity index (χ0) is 15.9. The number of aromatic nitrogens is 2. The number of ether oxygens (including phenoxy) is 1. The van der Waals surface area contributed by atoms with E-state index in [0.29, 0.717) is 5.56 Å². The molecular formula is C17H19N5O. The first-order valence-corrected chi connectivity index (χ1v) is 7.73. The number of morpholine rings is 1. The first kappa shape index (κ1) is 15.4. The zero-order valence-electron chi connectivity index (χ0n) is 12.9. The van der Waals surface area contributed by atoms with Gasteiger partial charge in [0.05, 0.1) is 30.5 Å². The molecule has 1 aromatic heterocycles. The summed E-state index contributed by atoms with van der Waals surface area (Å²) in [4.78, 5) is 2.37. The van der Waals surface area contributed by atoms with Crippen molar-refractivity contribution in [2.75, 3.05) is 44.7 Å². The Bertz CT molecular complexity index is 657. The van der Waals surface area contributed by atoms with Crippen molar-refractivity contribution < 1.29 is 4.74 Å². The molecule has 3 rings (SSSR count). The van der Waals surface area contributed by atoms with Crippen molar-refractivity contribution in [2.45, 2.75) is 0 Å². The van der Waals surface area contributed by atoms with Crippen LogP contribution < -0.4 is 5.32 Å². The average molecular weight is 309 g/mol. The standard InChI is InChI=1S/C17H19N5O/c18-13-14-1-3-15(4-2-14)16-5-6-17(21-20-16)19-7-8-22-9-11-23-12-10-22/h1-6H,7-12H2,(H,19,21). The molecule has 1 fully saturated rings. The minimum Gasteiger partial charge on any atom is -0.379 e. The molecular weight excluding hydrogens is 290 g/mol. The van der Waals surface area contributed by atoms with E-state index in [4.69, 9.17) is 10.00 Å². The van der Waals surface area contributed by atoms with Crippen molar-refractivity contribution in [3.05, 3.63) is 42.0 Å². The molecule has 0 radical (unpaired) electrons. The molecule has 2 heterocycles. The highest BCUT2D eigenvalue weighted by Gasteiger charge is 2.09. The fourth-order valence-corrected chi connectivity index (χ4v) is 2.46. The zero-order valence-corrected chi connectivity index (χ0v) is 12.9. The summed E-state index contributed by atoms with van der Waals surface area (Å²) >= 11 is 0. The van der Waals surface area contributed by atoms with Gasteiger partial charge in [0.15, 0.2) is 0 Å². The molecule has 0 spiro atoms. The van der Waals surface area contributed by atoms with E-state index < -0.39 is 0 Å². The van der Waals surface area contributed by atoms with Gasteiger partial charge in [-0.25, -0.2) is 0 Å². The molecule has 0 atom stereocenters. The van der Waals surface area contributed by atoms with Crippen LogP contribution in [0.25, 0.3) is 11.3 Å². The highest BCUT2D eigenvalue weighted by Crippen LogP contribution is 2.17. The molecule has 1 saturated heterocycles. The van der Waals surface area contributed by atoms with Gasteiger partial charge in [0.25, 0.3) is 0 Å². The average Bonchev–Trinajstić information content (AvgIpc) is 2.63. The predicted molar refractivity (Wildman–Crippen MR) is 87.9 cm³/mol. The van der Waals surface area contributed by atoms with E-state index in [1.54, 1.807) is 12.1 Å². The third-order valence-corrected chi connectivity index (χ3v) is 3.81. The van der Waals surface area contributed by atoms with E-state index in [1.807, 2.05) is 24.3 Å². The third-order valence-electron chi connectivity index (χ3n) is 3.81. The summed E-state index contributed by atoms with van der Waals surface area (Å²) < 4.78 is 5.33. The van der Waals surface area contributed by atoms with Crippen LogP contribution in [0.15, 0.2) is 36.4 Å². The Morgan fingerprint density at radius 2 is 1.87 bits per heavy atom. The lowest BCUT2D eigenvalue weighted by molar-refractivity contribution is 0.0398. The Kier molecular flexibility index (Phi) is 5.14. The molecule has 0 bridgehead atoms. The van der Waals surface area contributed by atoms with Crippen molar-refractivity contribution >= 4 is 5.82 Å². The minimum absolute atomic E-state index is 0.642. The smallest absolute Gasteiger partial charge is 0.148 e. The van der Waals surface area contributed by atoms with Crippen LogP contribution in [0.4, 0.5) is 5.82 Å². The molecule has 0 aliphatic carbocycles. The summed E-state index contributed by atoms with van der Waals surface area (Å²) in [6.07, 6.45) is 0. The minimum atomic E-state index is 0.642. The largest absolute Gasteiger partial charge is 0.379 e. The SMILES string of the molecule is N#Cc1ccc(-c2ccc(NCCN3CCOCC3)nn2)cc1. The van der Waals surface area contributed by atoms with Crippen molar-refractivity contribution in [1.82, 2.24) is 15.1 Å². The molecule has 118 valence electrons. The fourth-order valence-electron chi connectivity index (χ4n) is 2.46. The summed E-state index contributed by atoms with van der Waals surface area (Å²) in [6, 6.07) is 13.3. The van der Waals surface area contributed by atoms with E-state index in [9.17, 15) is 0 Å². The Balaban J connectivity index is 1.53. The van der Waals surface area contributed by atoms with Crippen LogP contribution in [0.1, 0.15) is 5.56 Å². The van der Waals surface area contributed by atoms with Crippen LogP contribution >= 0.6 is 0 Å². The first-order chi connectivity index (χ1) is 11.3. The highest BCUT2D eigenvalue weighted by molar-refractivity contribution is 5.60. The molecule has 1 N–H and O–H groups in total. The van der Waals surface area contributed by atoms with Gasteiger partial charge < -0.3 is 10.1 Å². The summed E-state index contributed by atoms with van der Waals surface area (Å²) in [5, 5.41) is 20.6. The first-order valence-electron chi connectivity index (χ1n) is 7.73. The van der Waals surface area contributed by atoms with E-state index in [1.165, 1.54) is 0 Å². The Labute approximate surface area is 135 Å². The summed E-state index contributed by atoms with van der Waals surface area (Å²) in [7, 11) is 0. The molecule has 0 unspecified atom stereocenters. The molecule has 6 heteroatoms. The fraction of sp³-hybridized carbons (Fsp3) is 0.353. The molecule has 23 heavy (non-hydrogen) atoms. The van der Waals surface area contributed by atoms with Crippen molar-refractivity contribution in [3.63, 3.8) is 0 Å². The van der Waals surface area contributed by atoms with Crippen LogP contribution in [0.2, 0.25) is 0 Å². The highest BCUT2D eigenvalue weighted by atomic mass is 16.5. The molecule has 0 saturated carbocycles. The molecule has 1 aliphatic heterocycles. The number of rotatable bonds is 5. The summed E-state index contributed by atoms with van der Waals surface area (Å²) in [6.45, 7) is 5.43. The van der Waals surface area contributed by atoms with Crippen LogP contribution in [-0.2, 0) is 4.74 Å². The van der Waals surface area contributed by atoms with Gasteiger partial charge in [-0.1, -0.05) is 12.1 Å². The number of nitrogens with one attached hydrogen (secondary N) is 1. The van der Waals surface area contributed by atoms with Gasteiger partial charge in [-0.05, 0) is 24.3 Å². The van der Waals surface area contributed by atoms with Gasteiger partial charge in [0.2, 0.25) is 0 Å². The predicted octanol–water partition coefficient (Wildman–Crippen LogP) is 1.76. The molecule has 2 aromatic rings. The maximum atomic E-state index is 8.82. The summed E-state index contributed by atoms with van der Waals surface area (Å²) in [5.74, 6) is 0.774. The van der Waals surface area contributed by atoms with Crippen LogP contribution in [0.3, 0.4) is 0 Å². The Hall–Kier alpha value is -2.49. The molecule has 6 nitrogen and oxygen atoms in total. The van der Waals surface area contributed by atoms with E-state index in [-0.39, 0.29) is 0 Å². The lowest BCUT2D eigenvalue weighted by Crippen LogP contribution is -2.39. The second kappa shape index (κ2) is 7.68. The van der Waals surface area contributed by atoms with Crippen molar-refractivity contribution in [2.24, 2.45) is 0 Å². The molecule has 1 aliphatic rings. The monoisotopic (exact) mass is 309 g/mol. The maximum Gasteiger partial charge on any atom is 0.148 e. The van der Waals surface area contributed by atoms with Crippen LogP contribution in [0, 0.1) is 11.3 Å². The number of benzene rings is 1. The lowest BCUT2D eigenvalue weighted by Gasteiger charge is -2.26. The quantitative estimate of drug-likeness (QED) is 0.907. The van der Waals surface area contributed by atoms with Gasteiger partial charge >= 0.3 is 0 Å². The van der Waals surface area contributed by atoms with Gasteiger partial charge in [0, 0.05) is 31.7 Å². The normalized spacial score (nSPS) is 15.1. The van der Waals surface area contributed by atoms with Crippen molar-refractivity contribution in [1.29, 1.82) is 5.26 Å². The number of nitrogens with zero attached hydrogens (tertiary/aromatic N) is 4. The van der Waals surface area contributed by atoms with E-state index >= 15 is 0 Å². The second-order valence-electron chi connectivity index (χ2n) is 5.37. The van der Waals surface area contributed by atoms with Gasteiger partial charge in [0.1, 0.15) is 5.82 Å². The van der Waals surface area contributed by atoms with Gasteiger partial charge in [-0.2, -0.15) is 5.26 Å². The topological polar surface area (TPSA) is 74.1 Å². The van der Waals surface area contributed by atoms with Crippen LogP contribution in [0.5, 0.6) is 0 Å². The van der Waals surface area contributed by atoms with E-state index in [0.717, 1.165) is 56.5 Å². The Morgan fingerprint density at radius 3 is 2.52 bits per heavy atom. The van der Waals surface area contributed by atoms with Gasteiger partial charge in [-0.15, -0.1) is 10.2 Å². The van der Waals surface area contributed by atoms with Crippen LogP contribution in [-0.4, -0.2) is 54.5 Å². The van der Waals surface area contributed by atoms with Gasteiger partial charge in [-0.3, -0.25) is 4.90 Å². The Morgan fingerprint density at radius 1 is 1.09 bits per heavy atom. The second-order valence-corrected chi connectivity index (χ2v) is 5.37. The molecule has 0 amide bonds. The summed E-state index contributed by atoms with van der Waals surface area (Å²) in [5.41, 5.74) is 2.40. The number of anilines is 1. The number of hydrogen-bond donors (Lipinski definition) is 1. The van der Waals surface area contributed by atoms with E-state index in [2.05, 4.69) is 26.5 Å². The maximum absolute atomic E-state index is 8.82.